The highest BCUT2D eigenvalue weighted by Crippen LogP contribution is 2.32. The average molecular weight is 417 g/mol. The van der Waals surface area contributed by atoms with Crippen LogP contribution in [0.2, 0.25) is 0 Å². The number of hydrogen-bond donors (Lipinski definition) is 3. The number of carbonyl (C=O) groups is 3. The Morgan fingerprint density at radius 2 is 1.93 bits per heavy atom. The van der Waals surface area contributed by atoms with Gasteiger partial charge in [-0.3, -0.25) is 15.0 Å². The molecule has 1 aliphatic carbocycles. The number of benzene rings is 1. The minimum Gasteiger partial charge on any atom is -0.497 e. The van der Waals surface area contributed by atoms with Crippen molar-refractivity contribution in [3.05, 3.63) is 24.3 Å². The molecule has 0 aromatic heterocycles. The van der Waals surface area contributed by atoms with Gasteiger partial charge in [-0.2, -0.15) is 5.01 Å². The van der Waals surface area contributed by atoms with Crippen molar-refractivity contribution < 1.29 is 24.0 Å². The van der Waals surface area contributed by atoms with Gasteiger partial charge < -0.3 is 19.9 Å². The molecule has 3 fully saturated rings. The van der Waals surface area contributed by atoms with Gasteiger partial charge in [0.2, 0.25) is 0 Å². The molecule has 1 aromatic rings. The van der Waals surface area contributed by atoms with Crippen molar-refractivity contribution >= 4 is 23.5 Å². The first-order chi connectivity index (χ1) is 14.5. The van der Waals surface area contributed by atoms with Crippen molar-refractivity contribution in [2.75, 3.05) is 44.7 Å². The lowest BCUT2D eigenvalue weighted by Crippen LogP contribution is -3.16. The summed E-state index contributed by atoms with van der Waals surface area (Å²) in [6.07, 6.45) is 4.18. The maximum Gasteiger partial charge on any atom is 0.344 e. The number of quaternary nitrogens is 1. The van der Waals surface area contributed by atoms with Crippen LogP contribution in [0.25, 0.3) is 0 Å². The number of ether oxygens (including phenoxy) is 1. The molecule has 30 heavy (non-hydrogen) atoms. The van der Waals surface area contributed by atoms with Gasteiger partial charge in [0.05, 0.1) is 33.3 Å². The predicted octanol–water partition coefficient (Wildman–Crippen LogP) is -0.314. The monoisotopic (exact) mass is 416 g/mol. The third-order valence-electron chi connectivity index (χ3n) is 6.40. The maximum absolute atomic E-state index is 12.8. The molecule has 0 atom stereocenters. The highest BCUT2D eigenvalue weighted by molar-refractivity contribution is 6.08. The fraction of sp³-hybridized carbons (Fsp3) is 0.571. The summed E-state index contributed by atoms with van der Waals surface area (Å²) < 4.78 is 5.29. The number of carbonyl (C=O) groups excluding carboxylic acids is 3. The fourth-order valence-corrected chi connectivity index (χ4v) is 4.67. The molecule has 9 nitrogen and oxygen atoms in total. The normalized spacial score (nSPS) is 21.6. The summed E-state index contributed by atoms with van der Waals surface area (Å²) in [5, 5.41) is 3.70. The quantitative estimate of drug-likeness (QED) is 0.572. The van der Waals surface area contributed by atoms with Crippen LogP contribution in [-0.2, 0) is 9.59 Å². The molecule has 9 heteroatoms. The minimum absolute atomic E-state index is 0.232. The Bertz CT molecular complexity index is 815. The lowest BCUT2D eigenvalue weighted by Gasteiger charge is -2.33. The van der Waals surface area contributed by atoms with Gasteiger partial charge in [-0.25, -0.2) is 4.79 Å². The van der Waals surface area contributed by atoms with E-state index in [4.69, 9.17) is 4.74 Å². The Kier molecular flexibility index (Phi) is 5.80. The molecule has 0 unspecified atom stereocenters. The van der Waals surface area contributed by atoms with E-state index in [9.17, 15) is 14.4 Å². The minimum atomic E-state index is -0.822. The lowest BCUT2D eigenvalue weighted by molar-refractivity contribution is -0.892. The Balaban J connectivity index is 1.28. The topological polar surface area (TPSA) is 95.4 Å². The van der Waals surface area contributed by atoms with Gasteiger partial charge in [0.1, 0.15) is 11.3 Å². The molecular weight excluding hydrogens is 386 g/mol. The number of amides is 4. The number of nitrogens with one attached hydrogen (secondary N) is 3. The van der Waals surface area contributed by atoms with Crippen molar-refractivity contribution in [1.29, 1.82) is 0 Å². The van der Waals surface area contributed by atoms with E-state index in [1.807, 2.05) is 18.2 Å². The van der Waals surface area contributed by atoms with Crippen molar-refractivity contribution in [3.8, 4) is 5.75 Å². The van der Waals surface area contributed by atoms with Crippen molar-refractivity contribution in [2.45, 2.75) is 37.6 Å². The first-order valence-corrected chi connectivity index (χ1v) is 10.7. The number of anilines is 1. The second-order valence-electron chi connectivity index (χ2n) is 8.36. The Morgan fingerprint density at radius 3 is 2.63 bits per heavy atom. The summed E-state index contributed by atoms with van der Waals surface area (Å²) in [5.41, 5.74) is 2.82. The van der Waals surface area contributed by atoms with Crippen LogP contribution >= 0.6 is 0 Å². The van der Waals surface area contributed by atoms with Gasteiger partial charge in [-0.05, 0) is 25.0 Å². The van der Waals surface area contributed by atoms with Gasteiger partial charge in [-0.1, -0.05) is 25.3 Å². The predicted molar refractivity (Wildman–Crippen MR) is 110 cm³/mol. The van der Waals surface area contributed by atoms with Gasteiger partial charge in [0.25, 0.3) is 11.8 Å². The van der Waals surface area contributed by atoms with Crippen LogP contribution in [-0.4, -0.2) is 68.2 Å². The molecule has 2 saturated heterocycles. The third-order valence-corrected chi connectivity index (χ3v) is 6.40. The summed E-state index contributed by atoms with van der Waals surface area (Å²) in [5.74, 6) is 0.195. The van der Waals surface area contributed by atoms with Crippen LogP contribution in [0.4, 0.5) is 10.5 Å². The number of rotatable bonds is 5. The van der Waals surface area contributed by atoms with Gasteiger partial charge in [-0.15, -0.1) is 0 Å². The Morgan fingerprint density at radius 1 is 1.20 bits per heavy atom. The molecule has 1 aromatic carbocycles. The molecule has 0 radical (unpaired) electrons. The standard InChI is InChI=1S/C21H29N5O4/c1-30-17-7-5-6-16(14-17)25-12-10-24(11-13-25)15-18(27)23-26-19(28)21(22-20(26)29)8-3-2-4-9-21/h5-7,14H,2-4,8-13,15H2,1H3,(H,22,29)(H,23,27)/p+1. The maximum atomic E-state index is 12.8. The summed E-state index contributed by atoms with van der Waals surface area (Å²) in [4.78, 5) is 41.0. The fourth-order valence-electron chi connectivity index (χ4n) is 4.67. The lowest BCUT2D eigenvalue weighted by atomic mass is 9.82. The van der Waals surface area contributed by atoms with E-state index in [2.05, 4.69) is 21.7 Å². The first kappa shape index (κ1) is 20.5. The summed E-state index contributed by atoms with van der Waals surface area (Å²) in [6, 6.07) is 7.43. The Hall–Kier alpha value is -2.81. The molecule has 4 rings (SSSR count). The van der Waals surface area contributed by atoms with Crippen LogP contribution in [0.15, 0.2) is 24.3 Å². The smallest absolute Gasteiger partial charge is 0.344 e. The van der Waals surface area contributed by atoms with Crippen molar-refractivity contribution in [2.24, 2.45) is 0 Å². The van der Waals surface area contributed by atoms with Crippen LogP contribution in [0.3, 0.4) is 0 Å². The van der Waals surface area contributed by atoms with Crippen LogP contribution < -0.4 is 25.3 Å². The molecule has 162 valence electrons. The Labute approximate surface area is 176 Å². The molecule has 2 aliphatic heterocycles. The highest BCUT2D eigenvalue weighted by atomic mass is 16.5. The van der Waals surface area contributed by atoms with E-state index in [1.165, 1.54) is 0 Å². The average Bonchev–Trinajstić information content (AvgIpc) is 2.98. The molecule has 3 aliphatic rings. The molecule has 3 N–H and O–H groups in total. The van der Waals surface area contributed by atoms with E-state index in [-0.39, 0.29) is 18.4 Å². The van der Waals surface area contributed by atoms with Crippen LogP contribution in [0.5, 0.6) is 5.75 Å². The molecular formula is C21H30N5O4+. The van der Waals surface area contributed by atoms with Crippen molar-refractivity contribution in [1.82, 2.24) is 15.8 Å². The first-order valence-electron chi connectivity index (χ1n) is 10.7. The molecule has 1 spiro atoms. The summed E-state index contributed by atoms with van der Waals surface area (Å²) in [6.45, 7) is 3.48. The number of hydrazine groups is 1. The summed E-state index contributed by atoms with van der Waals surface area (Å²) >= 11 is 0. The second-order valence-corrected chi connectivity index (χ2v) is 8.36. The largest absolute Gasteiger partial charge is 0.497 e. The van der Waals surface area contributed by atoms with Gasteiger partial charge in [0, 0.05) is 11.8 Å². The number of piperazine rings is 1. The molecule has 4 amide bonds. The van der Waals surface area contributed by atoms with E-state index >= 15 is 0 Å². The van der Waals surface area contributed by atoms with Crippen LogP contribution in [0.1, 0.15) is 32.1 Å². The SMILES string of the molecule is COc1cccc(N2CC[NH+](CC(=O)NN3C(=O)NC4(CCCCC4)C3=O)CC2)c1. The van der Waals surface area contributed by atoms with E-state index in [1.54, 1.807) is 7.11 Å². The van der Waals surface area contributed by atoms with Gasteiger partial charge in [0.15, 0.2) is 6.54 Å². The van der Waals surface area contributed by atoms with Gasteiger partial charge >= 0.3 is 6.03 Å². The summed E-state index contributed by atoms with van der Waals surface area (Å²) in [7, 11) is 1.65. The van der Waals surface area contributed by atoms with E-state index < -0.39 is 11.6 Å². The number of nitrogens with zero attached hydrogens (tertiary/aromatic N) is 2. The zero-order valence-electron chi connectivity index (χ0n) is 17.4. The molecule has 1 saturated carbocycles. The number of urea groups is 1. The number of methoxy groups -OCH3 is 1. The van der Waals surface area contributed by atoms with E-state index in [0.717, 1.165) is 66.8 Å². The second kappa shape index (κ2) is 8.51. The van der Waals surface area contributed by atoms with E-state index in [0.29, 0.717) is 12.8 Å². The zero-order chi connectivity index (χ0) is 21.1. The molecule has 0 bridgehead atoms. The molecule has 2 heterocycles. The van der Waals surface area contributed by atoms with Crippen LogP contribution in [0, 0.1) is 0 Å². The third kappa shape index (κ3) is 4.07. The number of imide groups is 1. The zero-order valence-corrected chi connectivity index (χ0v) is 17.4. The highest BCUT2D eigenvalue weighted by Gasteiger charge is 2.52. The van der Waals surface area contributed by atoms with Crippen molar-refractivity contribution in [3.63, 3.8) is 0 Å². The number of hydrogen-bond acceptors (Lipinski definition) is 5.